The summed E-state index contributed by atoms with van der Waals surface area (Å²) < 4.78 is 0. The predicted octanol–water partition coefficient (Wildman–Crippen LogP) is 2.72. The van der Waals surface area contributed by atoms with E-state index in [2.05, 4.69) is 4.98 Å². The molecule has 1 heterocycles. The molecule has 0 atom stereocenters. The normalized spacial score (nSPS) is 10.1. The van der Waals surface area contributed by atoms with Gasteiger partial charge in [-0.2, -0.15) is 0 Å². The molecule has 0 aliphatic heterocycles. The minimum Gasteiger partial charge on any atom is -0.378 e. The molecule has 0 saturated carbocycles. The number of aromatic nitrogens is 1. The van der Waals surface area contributed by atoms with Gasteiger partial charge in [0.25, 0.3) is 0 Å². The highest BCUT2D eigenvalue weighted by molar-refractivity contribution is 7.99. The molecule has 0 aliphatic rings. The first kappa shape index (κ1) is 11.4. The van der Waals surface area contributed by atoms with Crippen molar-refractivity contribution in [2.45, 2.75) is 9.92 Å². The van der Waals surface area contributed by atoms with E-state index in [0.717, 1.165) is 4.90 Å². The Bertz CT molecular complexity index is 546. The molecular formula is C11H9N3O2S. The fourth-order valence-electron chi connectivity index (χ4n) is 1.27. The van der Waals surface area contributed by atoms with Crippen LogP contribution in [0.15, 0.2) is 52.4 Å². The minimum absolute atomic E-state index is 0.0593. The number of anilines is 1. The number of benzene rings is 1. The highest BCUT2D eigenvalue weighted by Gasteiger charge is 2.13. The molecule has 2 aromatic rings. The second-order valence-electron chi connectivity index (χ2n) is 3.23. The van der Waals surface area contributed by atoms with E-state index in [1.165, 1.54) is 17.8 Å². The number of hydrogen-bond acceptors (Lipinski definition) is 5. The molecule has 2 N–H and O–H groups in total. The van der Waals surface area contributed by atoms with Gasteiger partial charge in [-0.05, 0) is 18.2 Å². The van der Waals surface area contributed by atoms with Gasteiger partial charge in [-0.15, -0.1) is 0 Å². The van der Waals surface area contributed by atoms with E-state index < -0.39 is 4.92 Å². The van der Waals surface area contributed by atoms with Gasteiger partial charge in [0, 0.05) is 11.0 Å². The highest BCUT2D eigenvalue weighted by Crippen LogP contribution is 2.29. The molecule has 5 nitrogen and oxygen atoms in total. The van der Waals surface area contributed by atoms with Crippen molar-refractivity contribution in [1.29, 1.82) is 0 Å². The Morgan fingerprint density at radius 3 is 2.47 bits per heavy atom. The highest BCUT2D eigenvalue weighted by atomic mass is 32.2. The quantitative estimate of drug-likeness (QED) is 0.666. The number of nitrogen functional groups attached to an aromatic ring is 1. The van der Waals surface area contributed by atoms with E-state index in [0.29, 0.717) is 5.03 Å². The smallest absolute Gasteiger partial charge is 0.311 e. The van der Waals surface area contributed by atoms with Crippen LogP contribution < -0.4 is 5.73 Å². The van der Waals surface area contributed by atoms with Crippen molar-refractivity contribution in [3.05, 3.63) is 52.6 Å². The first-order valence-corrected chi connectivity index (χ1v) is 5.62. The Kier molecular flexibility index (Phi) is 3.24. The molecule has 0 bridgehead atoms. The van der Waals surface area contributed by atoms with Crippen molar-refractivity contribution in [2.24, 2.45) is 0 Å². The summed E-state index contributed by atoms with van der Waals surface area (Å²) in [4.78, 5) is 15.0. The maximum atomic E-state index is 10.6. The summed E-state index contributed by atoms with van der Waals surface area (Å²) in [7, 11) is 0. The van der Waals surface area contributed by atoms with Crippen molar-refractivity contribution in [1.82, 2.24) is 4.98 Å². The number of nitro groups is 1. The zero-order chi connectivity index (χ0) is 12.3. The average Bonchev–Trinajstić information content (AvgIpc) is 2.30. The van der Waals surface area contributed by atoms with Crippen LogP contribution in [0.1, 0.15) is 0 Å². The van der Waals surface area contributed by atoms with Gasteiger partial charge >= 0.3 is 5.69 Å². The van der Waals surface area contributed by atoms with E-state index in [1.54, 1.807) is 6.07 Å². The van der Waals surface area contributed by atoms with Gasteiger partial charge in [-0.1, -0.05) is 30.0 Å². The minimum atomic E-state index is -0.542. The van der Waals surface area contributed by atoms with Crippen LogP contribution in [0.5, 0.6) is 0 Å². The Morgan fingerprint density at radius 1 is 1.18 bits per heavy atom. The lowest BCUT2D eigenvalue weighted by Gasteiger charge is -2.01. The van der Waals surface area contributed by atoms with Gasteiger partial charge in [0.05, 0.1) is 4.92 Å². The zero-order valence-electron chi connectivity index (χ0n) is 8.74. The maximum absolute atomic E-state index is 10.6. The molecule has 0 amide bonds. The molecule has 1 aromatic heterocycles. The summed E-state index contributed by atoms with van der Waals surface area (Å²) in [5, 5.41) is 11.2. The number of hydrogen-bond donors (Lipinski definition) is 1. The molecule has 0 spiro atoms. The standard InChI is InChI=1S/C11H9N3O2S/c12-11-9(14(15)16)6-7-10(13-11)17-8-4-2-1-3-5-8/h1-7H,(H2,12,13). The van der Waals surface area contributed by atoms with Crippen molar-refractivity contribution < 1.29 is 4.92 Å². The van der Waals surface area contributed by atoms with Crippen LogP contribution in [0.4, 0.5) is 11.5 Å². The second-order valence-corrected chi connectivity index (χ2v) is 4.32. The molecule has 1 aromatic carbocycles. The van der Waals surface area contributed by atoms with Crippen LogP contribution in [-0.4, -0.2) is 9.91 Å². The third kappa shape index (κ3) is 2.73. The van der Waals surface area contributed by atoms with Crippen LogP contribution in [0.2, 0.25) is 0 Å². The number of pyridine rings is 1. The number of nitrogens with two attached hydrogens (primary N) is 1. The molecule has 0 radical (unpaired) electrons. The maximum Gasteiger partial charge on any atom is 0.311 e. The lowest BCUT2D eigenvalue weighted by Crippen LogP contribution is -1.98. The van der Waals surface area contributed by atoms with E-state index in [9.17, 15) is 10.1 Å². The van der Waals surface area contributed by atoms with Crippen LogP contribution in [0.3, 0.4) is 0 Å². The van der Waals surface area contributed by atoms with Gasteiger partial charge < -0.3 is 5.73 Å². The molecule has 0 aliphatic carbocycles. The van der Waals surface area contributed by atoms with Gasteiger partial charge in [0.1, 0.15) is 5.03 Å². The summed E-state index contributed by atoms with van der Waals surface area (Å²) >= 11 is 1.41. The fraction of sp³-hybridized carbons (Fsp3) is 0. The summed E-state index contributed by atoms with van der Waals surface area (Å²) in [5.74, 6) is -0.0593. The van der Waals surface area contributed by atoms with E-state index >= 15 is 0 Å². The average molecular weight is 247 g/mol. The molecule has 0 unspecified atom stereocenters. The summed E-state index contributed by atoms with van der Waals surface area (Å²) in [5.41, 5.74) is 5.35. The van der Waals surface area contributed by atoms with Gasteiger partial charge in [0.15, 0.2) is 0 Å². The molecule has 17 heavy (non-hydrogen) atoms. The first-order valence-electron chi connectivity index (χ1n) is 4.80. The zero-order valence-corrected chi connectivity index (χ0v) is 9.55. The van der Waals surface area contributed by atoms with Gasteiger partial charge in [0.2, 0.25) is 5.82 Å². The lowest BCUT2D eigenvalue weighted by molar-refractivity contribution is -0.384. The van der Waals surface area contributed by atoms with Crippen molar-refractivity contribution in [3.8, 4) is 0 Å². The van der Waals surface area contributed by atoms with Crippen LogP contribution in [0.25, 0.3) is 0 Å². The van der Waals surface area contributed by atoms with Crippen LogP contribution in [0, 0.1) is 10.1 Å². The summed E-state index contributed by atoms with van der Waals surface area (Å²) in [6.07, 6.45) is 0. The second kappa shape index (κ2) is 4.84. The first-order chi connectivity index (χ1) is 8.16. The Labute approximate surface area is 102 Å². The molecule has 86 valence electrons. The van der Waals surface area contributed by atoms with Crippen molar-refractivity contribution >= 4 is 23.3 Å². The van der Waals surface area contributed by atoms with Crippen LogP contribution in [-0.2, 0) is 0 Å². The third-order valence-electron chi connectivity index (χ3n) is 2.04. The van der Waals surface area contributed by atoms with Crippen molar-refractivity contribution in [3.63, 3.8) is 0 Å². The number of rotatable bonds is 3. The number of nitrogens with zero attached hydrogens (tertiary/aromatic N) is 2. The van der Waals surface area contributed by atoms with Crippen LogP contribution >= 0.6 is 11.8 Å². The van der Waals surface area contributed by atoms with Gasteiger partial charge in [-0.3, -0.25) is 10.1 Å². The Balaban J connectivity index is 2.24. The Hall–Kier alpha value is -2.08. The molecule has 6 heteroatoms. The molecule has 2 rings (SSSR count). The van der Waals surface area contributed by atoms with E-state index in [4.69, 9.17) is 5.73 Å². The predicted molar refractivity (Wildman–Crippen MR) is 65.9 cm³/mol. The lowest BCUT2D eigenvalue weighted by atomic mass is 10.4. The van der Waals surface area contributed by atoms with E-state index in [1.807, 2.05) is 30.3 Å². The summed E-state index contributed by atoms with van der Waals surface area (Å²) in [6.45, 7) is 0. The topological polar surface area (TPSA) is 82.0 Å². The van der Waals surface area contributed by atoms with E-state index in [-0.39, 0.29) is 11.5 Å². The molecular weight excluding hydrogens is 238 g/mol. The van der Waals surface area contributed by atoms with Crippen molar-refractivity contribution in [2.75, 3.05) is 5.73 Å². The SMILES string of the molecule is Nc1nc(Sc2ccccc2)ccc1[N+](=O)[O-]. The third-order valence-corrected chi connectivity index (χ3v) is 2.98. The largest absolute Gasteiger partial charge is 0.378 e. The molecule has 0 saturated heterocycles. The summed E-state index contributed by atoms with van der Waals surface area (Å²) in [6, 6.07) is 12.6. The monoisotopic (exact) mass is 247 g/mol. The molecule has 0 fully saturated rings. The Morgan fingerprint density at radius 2 is 1.88 bits per heavy atom. The fourth-order valence-corrected chi connectivity index (χ4v) is 2.08. The van der Waals surface area contributed by atoms with Gasteiger partial charge in [-0.25, -0.2) is 4.98 Å².